The van der Waals surface area contributed by atoms with Gasteiger partial charge in [0.05, 0.1) is 10.8 Å². The normalized spacial score (nSPS) is 17.1. The highest BCUT2D eigenvalue weighted by Gasteiger charge is 2.26. The van der Waals surface area contributed by atoms with Crippen molar-refractivity contribution in [3.05, 3.63) is 66.2 Å². The third-order valence-corrected chi connectivity index (χ3v) is 2.61. The Morgan fingerprint density at radius 2 is 1.39 bits per heavy atom. The fraction of sp³-hybridized carbons (Fsp3) is 0. The molecule has 0 aliphatic carbocycles. The maximum absolute atomic E-state index is 4.10. The average molecular weight is 259 g/mol. The number of amidine groups is 1. The summed E-state index contributed by atoms with van der Waals surface area (Å²) in [4.78, 5) is 0. The lowest BCUT2D eigenvalue weighted by Gasteiger charge is -2.07. The third kappa shape index (κ3) is 2.30. The lowest BCUT2D eigenvalue weighted by Crippen LogP contribution is -3.04. The zero-order valence-corrected chi connectivity index (χ0v) is 10.2. The molecular formula is C13H11ClN4. The molecule has 90 valence electrons. The minimum atomic E-state index is 0. The molecule has 1 atom stereocenters. The second-order valence-corrected chi connectivity index (χ2v) is 3.72. The molecule has 2 aromatic rings. The number of rotatable bonds is 2. The first-order valence-electron chi connectivity index (χ1n) is 5.42. The van der Waals surface area contributed by atoms with E-state index in [1.807, 2.05) is 60.7 Å². The van der Waals surface area contributed by atoms with Crippen molar-refractivity contribution in [2.45, 2.75) is 0 Å². The van der Waals surface area contributed by atoms with Crippen LogP contribution in [0.4, 0.5) is 5.69 Å². The highest BCUT2D eigenvalue weighted by Crippen LogP contribution is 2.06. The van der Waals surface area contributed by atoms with Crippen molar-refractivity contribution >= 4 is 11.5 Å². The van der Waals surface area contributed by atoms with Gasteiger partial charge in [-0.05, 0) is 12.1 Å². The van der Waals surface area contributed by atoms with E-state index in [4.69, 9.17) is 0 Å². The van der Waals surface area contributed by atoms with Crippen molar-refractivity contribution in [1.82, 2.24) is 0 Å². The smallest absolute Gasteiger partial charge is 0.287 e. The summed E-state index contributed by atoms with van der Waals surface area (Å²) in [6.07, 6.45) is 0. The molecule has 0 fully saturated rings. The maximum Gasteiger partial charge on any atom is 0.287 e. The first-order valence-corrected chi connectivity index (χ1v) is 5.42. The van der Waals surface area contributed by atoms with Crippen LogP contribution in [0.3, 0.4) is 0 Å². The van der Waals surface area contributed by atoms with Gasteiger partial charge < -0.3 is 12.4 Å². The molecule has 5 heteroatoms. The van der Waals surface area contributed by atoms with Crippen LogP contribution in [0.5, 0.6) is 0 Å². The molecule has 0 bridgehead atoms. The summed E-state index contributed by atoms with van der Waals surface area (Å²) in [6, 6.07) is 20.0. The number of benzene rings is 2. The van der Waals surface area contributed by atoms with Crippen LogP contribution in [0.1, 0.15) is 5.56 Å². The molecule has 0 saturated heterocycles. The van der Waals surface area contributed by atoms with E-state index in [2.05, 4.69) is 15.5 Å². The van der Waals surface area contributed by atoms with Gasteiger partial charge in [-0.15, -0.1) is 5.01 Å². The van der Waals surface area contributed by atoms with Crippen LogP contribution in [0.15, 0.2) is 76.2 Å². The standard InChI is InChI=1S/C13H10N4.ClH/c1-3-7-11(8-4-1)13-14-15-16-17(13)12-9-5-2-6-10-12;/h1-10H;1H. The van der Waals surface area contributed by atoms with Crippen LogP contribution in [-0.4, -0.2) is 5.84 Å². The van der Waals surface area contributed by atoms with Gasteiger partial charge in [0, 0.05) is 17.4 Å². The lowest BCUT2D eigenvalue weighted by atomic mass is 10.2. The van der Waals surface area contributed by atoms with E-state index < -0.39 is 0 Å². The third-order valence-electron chi connectivity index (χ3n) is 2.61. The van der Waals surface area contributed by atoms with Gasteiger partial charge >= 0.3 is 0 Å². The molecule has 0 radical (unpaired) electrons. The number of quaternary nitrogens is 1. The van der Waals surface area contributed by atoms with Crippen molar-refractivity contribution in [2.24, 2.45) is 15.5 Å². The predicted molar refractivity (Wildman–Crippen MR) is 64.9 cm³/mol. The average Bonchev–Trinajstić information content (AvgIpc) is 2.90. The van der Waals surface area contributed by atoms with Gasteiger partial charge in [-0.2, -0.15) is 0 Å². The number of hydrogen-bond acceptors (Lipinski definition) is 3. The Morgan fingerprint density at radius 1 is 0.778 bits per heavy atom. The molecule has 1 N–H and O–H groups in total. The van der Waals surface area contributed by atoms with Gasteiger partial charge in [0.2, 0.25) is 0 Å². The van der Waals surface area contributed by atoms with Gasteiger partial charge in [-0.1, -0.05) is 41.5 Å². The molecule has 1 heterocycles. The summed E-state index contributed by atoms with van der Waals surface area (Å²) in [5.74, 6) is 0.830. The zero-order valence-electron chi connectivity index (χ0n) is 9.49. The van der Waals surface area contributed by atoms with E-state index in [1.165, 1.54) is 0 Å². The van der Waals surface area contributed by atoms with Crippen molar-refractivity contribution in [1.29, 1.82) is 0 Å². The number of para-hydroxylation sites is 1. The van der Waals surface area contributed by atoms with Crippen molar-refractivity contribution in [3.63, 3.8) is 0 Å². The summed E-state index contributed by atoms with van der Waals surface area (Å²) in [6.45, 7) is 0. The lowest BCUT2D eigenvalue weighted by molar-refractivity contribution is -0.739. The Morgan fingerprint density at radius 3 is 2.06 bits per heavy atom. The van der Waals surface area contributed by atoms with Crippen LogP contribution in [0.25, 0.3) is 0 Å². The van der Waals surface area contributed by atoms with Gasteiger partial charge in [0.15, 0.2) is 5.69 Å². The highest BCUT2D eigenvalue weighted by atomic mass is 35.5. The minimum Gasteiger partial charge on any atom is -1.00 e. The largest absolute Gasteiger partial charge is 1.00 e. The second kappa shape index (κ2) is 5.53. The molecular weight excluding hydrogens is 248 g/mol. The van der Waals surface area contributed by atoms with Crippen molar-refractivity contribution < 1.29 is 17.4 Å². The first kappa shape index (κ1) is 12.4. The Bertz CT molecular complexity index is 566. The van der Waals surface area contributed by atoms with Crippen LogP contribution >= 0.6 is 0 Å². The Kier molecular flexibility index (Phi) is 3.82. The minimum absolute atomic E-state index is 0. The van der Waals surface area contributed by atoms with Crippen molar-refractivity contribution in [3.8, 4) is 0 Å². The molecule has 2 aromatic carbocycles. The van der Waals surface area contributed by atoms with Crippen LogP contribution < -0.4 is 17.4 Å². The summed E-state index contributed by atoms with van der Waals surface area (Å²) >= 11 is 0. The first-order chi connectivity index (χ1) is 8.45. The molecule has 0 aromatic heterocycles. The molecule has 3 rings (SSSR count). The quantitative estimate of drug-likeness (QED) is 0.715. The maximum atomic E-state index is 4.10. The molecule has 0 spiro atoms. The van der Waals surface area contributed by atoms with E-state index in [-0.39, 0.29) is 12.4 Å². The number of nitrogens with one attached hydrogen (secondary N) is 1. The van der Waals surface area contributed by atoms with E-state index in [1.54, 1.807) is 0 Å². The van der Waals surface area contributed by atoms with Crippen LogP contribution in [0, 0.1) is 0 Å². The summed E-state index contributed by atoms with van der Waals surface area (Å²) in [5.41, 5.74) is 2.08. The fourth-order valence-corrected chi connectivity index (χ4v) is 1.79. The van der Waals surface area contributed by atoms with Crippen LogP contribution in [0.2, 0.25) is 0 Å². The van der Waals surface area contributed by atoms with Crippen LogP contribution in [-0.2, 0) is 0 Å². The predicted octanol–water partition coefficient (Wildman–Crippen LogP) is -1.05. The topological polar surface area (TPSA) is 41.5 Å². The number of nitrogens with zero attached hydrogens (tertiary/aromatic N) is 3. The van der Waals surface area contributed by atoms with E-state index in [9.17, 15) is 0 Å². The van der Waals surface area contributed by atoms with Gasteiger partial charge in [-0.25, -0.2) is 0 Å². The number of hydrogen-bond donors (Lipinski definition) is 1. The fourth-order valence-electron chi connectivity index (χ4n) is 1.79. The Hall–Kier alpha value is -2.04. The van der Waals surface area contributed by atoms with Crippen molar-refractivity contribution in [2.75, 3.05) is 0 Å². The molecule has 1 aliphatic rings. The second-order valence-electron chi connectivity index (χ2n) is 3.72. The molecule has 1 aliphatic heterocycles. The molecule has 18 heavy (non-hydrogen) atoms. The Balaban J connectivity index is 0.00000120. The molecule has 0 amide bonds. The van der Waals surface area contributed by atoms with E-state index >= 15 is 0 Å². The van der Waals surface area contributed by atoms with E-state index in [0.717, 1.165) is 22.1 Å². The molecule has 0 saturated carbocycles. The monoisotopic (exact) mass is 258 g/mol. The summed E-state index contributed by atoms with van der Waals surface area (Å²) in [5, 5.41) is 12.8. The van der Waals surface area contributed by atoms with Gasteiger partial charge in [-0.3, -0.25) is 0 Å². The molecule has 1 unspecified atom stereocenters. The van der Waals surface area contributed by atoms with Gasteiger partial charge in [0.25, 0.3) is 5.84 Å². The summed E-state index contributed by atoms with van der Waals surface area (Å²) in [7, 11) is 0. The SMILES string of the molecule is [Cl-].c1ccc(C2=NN=N[NH+]2c2ccccc2)cc1. The highest BCUT2D eigenvalue weighted by molar-refractivity contribution is 5.93. The molecule has 4 nitrogen and oxygen atoms in total. The Labute approximate surface area is 111 Å². The van der Waals surface area contributed by atoms with Gasteiger partial charge in [0.1, 0.15) is 0 Å². The van der Waals surface area contributed by atoms with E-state index in [0.29, 0.717) is 0 Å². The summed E-state index contributed by atoms with van der Waals surface area (Å²) < 4.78 is 0. The number of halogens is 1. The zero-order chi connectivity index (χ0) is 11.5.